The van der Waals surface area contributed by atoms with Gasteiger partial charge in [-0.3, -0.25) is 10.1 Å². The zero-order valence-corrected chi connectivity index (χ0v) is 14.8. The van der Waals surface area contributed by atoms with E-state index in [0.717, 1.165) is 48.2 Å². The highest BCUT2D eigenvalue weighted by molar-refractivity contribution is 5.99. The number of urea groups is 1. The van der Waals surface area contributed by atoms with Crippen molar-refractivity contribution in [2.45, 2.75) is 13.3 Å². The summed E-state index contributed by atoms with van der Waals surface area (Å²) in [4.78, 5) is 21.1. The summed E-state index contributed by atoms with van der Waals surface area (Å²) in [5, 5.41) is 11.0. The summed E-state index contributed by atoms with van der Waals surface area (Å²) >= 11 is 0. The molecule has 4 rings (SSSR count). The Labute approximate surface area is 152 Å². The van der Waals surface area contributed by atoms with Gasteiger partial charge in [0, 0.05) is 49.6 Å². The molecule has 1 fully saturated rings. The summed E-state index contributed by atoms with van der Waals surface area (Å²) in [5.41, 5.74) is 3.97. The van der Waals surface area contributed by atoms with E-state index < -0.39 is 0 Å². The number of para-hydroxylation sites is 1. The van der Waals surface area contributed by atoms with Gasteiger partial charge in [-0.15, -0.1) is 0 Å². The van der Waals surface area contributed by atoms with E-state index in [4.69, 9.17) is 0 Å². The van der Waals surface area contributed by atoms with Crippen LogP contribution in [-0.4, -0.2) is 52.3 Å². The van der Waals surface area contributed by atoms with Crippen LogP contribution in [0.1, 0.15) is 12.0 Å². The van der Waals surface area contributed by atoms with E-state index in [1.54, 1.807) is 6.20 Å². The molecule has 0 unspecified atom stereocenters. The number of fused-ring (bicyclic) bond motifs is 1. The Morgan fingerprint density at radius 2 is 2.08 bits per heavy atom. The molecule has 1 aromatic carbocycles. The number of hydrogen-bond donors (Lipinski definition) is 2. The Bertz CT molecular complexity index is 921. The molecule has 2 amide bonds. The van der Waals surface area contributed by atoms with Crippen LogP contribution in [0.25, 0.3) is 10.9 Å². The Morgan fingerprint density at radius 1 is 1.15 bits per heavy atom. The summed E-state index contributed by atoms with van der Waals surface area (Å²) in [6, 6.07) is 7.76. The predicted octanol–water partition coefficient (Wildman–Crippen LogP) is 3.01. The molecule has 0 aliphatic carbocycles. The third kappa shape index (κ3) is 3.20. The zero-order valence-electron chi connectivity index (χ0n) is 14.8. The molecule has 0 radical (unpaired) electrons. The SMILES string of the molecule is Cc1cnccc1N1CCCN(C(=O)Nc2cccc3cn[nH]c23)CC1. The van der Waals surface area contributed by atoms with Gasteiger partial charge in [-0.2, -0.15) is 5.10 Å². The van der Waals surface area contributed by atoms with Crippen molar-refractivity contribution in [1.82, 2.24) is 20.1 Å². The molecule has 26 heavy (non-hydrogen) atoms. The zero-order chi connectivity index (χ0) is 17.9. The monoisotopic (exact) mass is 350 g/mol. The van der Waals surface area contributed by atoms with Crippen LogP contribution in [-0.2, 0) is 0 Å². The summed E-state index contributed by atoms with van der Waals surface area (Å²) in [6.45, 7) is 5.25. The standard InChI is InChI=1S/C19H22N6O/c1-14-12-20-7-6-17(14)24-8-3-9-25(11-10-24)19(26)22-16-5-2-4-15-13-21-23-18(15)16/h2,4-7,12-13H,3,8-11H2,1H3,(H,21,23)(H,22,26). The number of anilines is 2. The lowest BCUT2D eigenvalue weighted by Crippen LogP contribution is -2.38. The van der Waals surface area contributed by atoms with Gasteiger partial charge in [0.25, 0.3) is 0 Å². The molecular weight excluding hydrogens is 328 g/mol. The van der Waals surface area contributed by atoms with Crippen molar-refractivity contribution in [2.75, 3.05) is 36.4 Å². The van der Waals surface area contributed by atoms with E-state index in [-0.39, 0.29) is 6.03 Å². The highest BCUT2D eigenvalue weighted by Gasteiger charge is 2.20. The number of aromatic nitrogens is 3. The molecule has 2 N–H and O–H groups in total. The van der Waals surface area contributed by atoms with Gasteiger partial charge in [-0.05, 0) is 31.0 Å². The molecule has 0 spiro atoms. The van der Waals surface area contributed by atoms with Crippen LogP contribution in [0.3, 0.4) is 0 Å². The number of aryl methyl sites for hydroxylation is 1. The number of carbonyl (C=O) groups excluding carboxylic acids is 1. The number of amides is 2. The van der Waals surface area contributed by atoms with Gasteiger partial charge in [-0.1, -0.05) is 12.1 Å². The average molecular weight is 350 g/mol. The molecule has 7 nitrogen and oxygen atoms in total. The quantitative estimate of drug-likeness (QED) is 0.745. The topological polar surface area (TPSA) is 77.2 Å². The molecule has 2 aromatic heterocycles. The molecule has 0 bridgehead atoms. The average Bonchev–Trinajstić information content (AvgIpc) is 3.00. The lowest BCUT2D eigenvalue weighted by Gasteiger charge is -2.25. The van der Waals surface area contributed by atoms with E-state index in [2.05, 4.69) is 32.3 Å². The van der Waals surface area contributed by atoms with Crippen molar-refractivity contribution in [1.29, 1.82) is 0 Å². The number of H-pyrrole nitrogens is 1. The maximum atomic E-state index is 12.7. The normalized spacial score (nSPS) is 15.1. The van der Waals surface area contributed by atoms with Gasteiger partial charge in [0.15, 0.2) is 0 Å². The van der Waals surface area contributed by atoms with Crippen LogP contribution in [0.2, 0.25) is 0 Å². The van der Waals surface area contributed by atoms with Gasteiger partial charge in [-0.25, -0.2) is 4.79 Å². The van der Waals surface area contributed by atoms with E-state index in [9.17, 15) is 4.79 Å². The van der Waals surface area contributed by atoms with E-state index in [0.29, 0.717) is 6.54 Å². The first-order valence-electron chi connectivity index (χ1n) is 8.86. The maximum absolute atomic E-state index is 12.7. The van der Waals surface area contributed by atoms with Gasteiger partial charge < -0.3 is 15.1 Å². The number of nitrogens with zero attached hydrogens (tertiary/aromatic N) is 4. The van der Waals surface area contributed by atoms with Crippen LogP contribution < -0.4 is 10.2 Å². The third-order valence-electron chi connectivity index (χ3n) is 4.83. The fourth-order valence-corrected chi connectivity index (χ4v) is 3.45. The summed E-state index contributed by atoms with van der Waals surface area (Å²) in [5.74, 6) is 0. The van der Waals surface area contributed by atoms with Crippen molar-refractivity contribution in [3.05, 3.63) is 48.4 Å². The second-order valence-corrected chi connectivity index (χ2v) is 6.56. The largest absolute Gasteiger partial charge is 0.369 e. The number of pyridine rings is 1. The van der Waals surface area contributed by atoms with E-state index >= 15 is 0 Å². The fourth-order valence-electron chi connectivity index (χ4n) is 3.45. The predicted molar refractivity (Wildman–Crippen MR) is 102 cm³/mol. The molecule has 1 aliphatic heterocycles. The van der Waals surface area contributed by atoms with Crippen LogP contribution in [0.15, 0.2) is 42.9 Å². The molecule has 0 atom stereocenters. The number of hydrogen-bond acceptors (Lipinski definition) is 4. The first kappa shape index (κ1) is 16.4. The van der Waals surface area contributed by atoms with Gasteiger partial charge in [0.05, 0.1) is 17.4 Å². The molecule has 1 aliphatic rings. The van der Waals surface area contributed by atoms with Crippen LogP contribution in [0.5, 0.6) is 0 Å². The Balaban J connectivity index is 1.45. The molecule has 0 saturated carbocycles. The highest BCUT2D eigenvalue weighted by Crippen LogP contribution is 2.22. The lowest BCUT2D eigenvalue weighted by molar-refractivity contribution is 0.215. The summed E-state index contributed by atoms with van der Waals surface area (Å²) in [7, 11) is 0. The number of aromatic amines is 1. The van der Waals surface area contributed by atoms with E-state index in [1.165, 1.54) is 5.69 Å². The number of nitrogens with one attached hydrogen (secondary N) is 2. The molecule has 3 heterocycles. The highest BCUT2D eigenvalue weighted by atomic mass is 16.2. The molecule has 3 aromatic rings. The Morgan fingerprint density at radius 3 is 2.96 bits per heavy atom. The number of carbonyl (C=O) groups is 1. The van der Waals surface area contributed by atoms with Crippen molar-refractivity contribution in [3.63, 3.8) is 0 Å². The van der Waals surface area contributed by atoms with Gasteiger partial charge >= 0.3 is 6.03 Å². The van der Waals surface area contributed by atoms with Crippen LogP contribution in [0.4, 0.5) is 16.2 Å². The minimum atomic E-state index is -0.0691. The Hall–Kier alpha value is -3.09. The number of benzene rings is 1. The van der Waals surface area contributed by atoms with Crippen molar-refractivity contribution < 1.29 is 4.79 Å². The molecular formula is C19H22N6O. The van der Waals surface area contributed by atoms with Crippen molar-refractivity contribution in [2.24, 2.45) is 0 Å². The van der Waals surface area contributed by atoms with Crippen molar-refractivity contribution >= 4 is 28.3 Å². The third-order valence-corrected chi connectivity index (χ3v) is 4.83. The second-order valence-electron chi connectivity index (χ2n) is 6.56. The first-order valence-corrected chi connectivity index (χ1v) is 8.86. The molecule has 134 valence electrons. The first-order chi connectivity index (χ1) is 12.7. The Kier molecular flexibility index (Phi) is 4.43. The summed E-state index contributed by atoms with van der Waals surface area (Å²) < 4.78 is 0. The van der Waals surface area contributed by atoms with Gasteiger partial charge in [0.1, 0.15) is 0 Å². The molecule has 7 heteroatoms. The minimum absolute atomic E-state index is 0.0691. The second kappa shape index (κ2) is 7.03. The van der Waals surface area contributed by atoms with Crippen molar-refractivity contribution in [3.8, 4) is 0 Å². The smallest absolute Gasteiger partial charge is 0.321 e. The van der Waals surface area contributed by atoms with Gasteiger partial charge in [0.2, 0.25) is 0 Å². The maximum Gasteiger partial charge on any atom is 0.321 e. The lowest BCUT2D eigenvalue weighted by atomic mass is 10.2. The van der Waals surface area contributed by atoms with E-state index in [1.807, 2.05) is 41.6 Å². The fraction of sp³-hybridized carbons (Fsp3) is 0.316. The van der Waals surface area contributed by atoms with Crippen LogP contribution in [0, 0.1) is 6.92 Å². The van der Waals surface area contributed by atoms with Crippen LogP contribution >= 0.6 is 0 Å². The molecule has 1 saturated heterocycles. The number of rotatable bonds is 2. The summed E-state index contributed by atoms with van der Waals surface area (Å²) in [6.07, 6.45) is 6.40. The minimum Gasteiger partial charge on any atom is -0.369 e.